The van der Waals surface area contributed by atoms with Gasteiger partial charge in [0.15, 0.2) is 0 Å². The average molecular weight is 311 g/mol. The molecule has 2 rings (SSSR count). The van der Waals surface area contributed by atoms with Crippen LogP contribution in [0.1, 0.15) is 19.8 Å². The number of carbonyl (C=O) groups is 1. The number of hydrogen-bond acceptors (Lipinski definition) is 4. The van der Waals surface area contributed by atoms with Crippen LogP contribution in [0.5, 0.6) is 0 Å². The zero-order valence-corrected chi connectivity index (χ0v) is 13.3. The Hall–Kier alpha value is 0.420. The van der Waals surface area contributed by atoms with Gasteiger partial charge < -0.3 is 10.6 Å². The number of amides is 1. The molecule has 1 amide bonds. The number of rotatable bonds is 3. The van der Waals surface area contributed by atoms with Crippen molar-refractivity contribution in [3.05, 3.63) is 0 Å². The Bertz CT molecular complexity index is 262. The quantitative estimate of drug-likeness (QED) is 0.833. The van der Waals surface area contributed by atoms with Crippen LogP contribution in [-0.2, 0) is 4.79 Å². The predicted octanol–water partition coefficient (Wildman–Crippen LogP) is 1.76. The van der Waals surface area contributed by atoms with Gasteiger partial charge >= 0.3 is 0 Å². The number of nitrogens with one attached hydrogen (secondary N) is 2. The Morgan fingerprint density at radius 3 is 2.94 bits per heavy atom. The lowest BCUT2D eigenvalue weighted by molar-refractivity contribution is -0.126. The van der Waals surface area contributed by atoms with Crippen LogP contribution in [0.15, 0.2) is 0 Å². The summed E-state index contributed by atoms with van der Waals surface area (Å²) in [6.45, 7) is 4.00. The van der Waals surface area contributed by atoms with E-state index in [4.69, 9.17) is 0 Å². The summed E-state index contributed by atoms with van der Waals surface area (Å²) in [7, 11) is 0. The minimum atomic E-state index is 0. The van der Waals surface area contributed by atoms with Gasteiger partial charge in [0.25, 0.3) is 0 Å². The van der Waals surface area contributed by atoms with Crippen LogP contribution in [0.3, 0.4) is 0 Å². The SMILES string of the molecule is C[C@H]1C[C@@H](C(=O)NCC2CSCCS2)CCN1.Cl. The highest BCUT2D eigenvalue weighted by Gasteiger charge is 2.25. The molecule has 0 spiro atoms. The van der Waals surface area contributed by atoms with Gasteiger partial charge in [0.1, 0.15) is 0 Å². The maximum Gasteiger partial charge on any atom is 0.223 e. The van der Waals surface area contributed by atoms with Crippen molar-refractivity contribution in [3.63, 3.8) is 0 Å². The molecule has 2 saturated heterocycles. The Kier molecular flexibility index (Phi) is 7.84. The van der Waals surface area contributed by atoms with Crippen LogP contribution >= 0.6 is 35.9 Å². The number of thioether (sulfide) groups is 2. The van der Waals surface area contributed by atoms with Gasteiger partial charge in [-0.15, -0.1) is 12.4 Å². The third-order valence-corrected chi connectivity index (χ3v) is 6.23. The van der Waals surface area contributed by atoms with Gasteiger partial charge in [-0.2, -0.15) is 23.5 Å². The number of carbonyl (C=O) groups excluding carboxylic acids is 1. The van der Waals surface area contributed by atoms with Crippen LogP contribution < -0.4 is 10.6 Å². The fraction of sp³-hybridized carbons (Fsp3) is 0.917. The van der Waals surface area contributed by atoms with Crippen molar-refractivity contribution in [3.8, 4) is 0 Å². The monoisotopic (exact) mass is 310 g/mol. The van der Waals surface area contributed by atoms with E-state index in [2.05, 4.69) is 17.6 Å². The zero-order chi connectivity index (χ0) is 12.1. The molecule has 6 heteroatoms. The molecule has 2 aliphatic rings. The molecule has 106 valence electrons. The molecule has 18 heavy (non-hydrogen) atoms. The lowest BCUT2D eigenvalue weighted by Crippen LogP contribution is -2.44. The highest BCUT2D eigenvalue weighted by Crippen LogP contribution is 2.23. The van der Waals surface area contributed by atoms with Crippen molar-refractivity contribution < 1.29 is 4.79 Å². The van der Waals surface area contributed by atoms with E-state index in [1.165, 1.54) is 17.3 Å². The summed E-state index contributed by atoms with van der Waals surface area (Å²) in [6, 6.07) is 0.485. The standard InChI is InChI=1S/C12H22N2OS2.ClH/c1-9-6-10(2-3-13-9)12(15)14-7-11-8-16-4-5-17-11;/h9-11,13H,2-8H2,1H3,(H,14,15);1H/t9-,10-,11?;/m0./s1. The van der Waals surface area contributed by atoms with Gasteiger partial charge in [-0.05, 0) is 26.3 Å². The average Bonchev–Trinajstić information content (AvgIpc) is 2.37. The zero-order valence-electron chi connectivity index (χ0n) is 10.8. The molecule has 0 saturated carbocycles. The molecule has 0 aliphatic carbocycles. The van der Waals surface area contributed by atoms with Crippen molar-refractivity contribution >= 4 is 41.8 Å². The highest BCUT2D eigenvalue weighted by atomic mass is 35.5. The first-order valence-corrected chi connectivity index (χ1v) is 8.66. The largest absolute Gasteiger partial charge is 0.355 e. The van der Waals surface area contributed by atoms with Crippen LogP contribution in [-0.4, -0.2) is 47.5 Å². The lowest BCUT2D eigenvalue weighted by atomic mass is 9.92. The first kappa shape index (κ1) is 16.5. The predicted molar refractivity (Wildman–Crippen MR) is 84.0 cm³/mol. The van der Waals surface area contributed by atoms with Crippen LogP contribution in [0.25, 0.3) is 0 Å². The smallest absolute Gasteiger partial charge is 0.223 e. The Morgan fingerprint density at radius 1 is 1.44 bits per heavy atom. The van der Waals surface area contributed by atoms with Crippen LogP contribution in [0.2, 0.25) is 0 Å². The van der Waals surface area contributed by atoms with E-state index in [0.717, 1.165) is 25.9 Å². The second-order valence-corrected chi connectivity index (χ2v) is 7.45. The van der Waals surface area contributed by atoms with Crippen molar-refractivity contribution in [2.24, 2.45) is 5.92 Å². The molecular formula is C12H23ClN2OS2. The summed E-state index contributed by atoms with van der Waals surface area (Å²) in [5.74, 6) is 4.19. The maximum absolute atomic E-state index is 12.0. The second-order valence-electron chi connectivity index (χ2n) is 4.89. The van der Waals surface area contributed by atoms with Gasteiger partial charge in [0.2, 0.25) is 5.91 Å². The van der Waals surface area contributed by atoms with Gasteiger partial charge in [0.05, 0.1) is 0 Å². The lowest BCUT2D eigenvalue weighted by Gasteiger charge is -2.28. The number of hydrogen-bond donors (Lipinski definition) is 2. The molecule has 2 heterocycles. The molecule has 3 atom stereocenters. The Labute approximate surface area is 124 Å². The molecule has 2 N–H and O–H groups in total. The summed E-state index contributed by atoms with van der Waals surface area (Å²) < 4.78 is 0. The minimum Gasteiger partial charge on any atom is -0.355 e. The van der Waals surface area contributed by atoms with Gasteiger partial charge in [0, 0.05) is 41.0 Å². The topological polar surface area (TPSA) is 41.1 Å². The summed E-state index contributed by atoms with van der Waals surface area (Å²) >= 11 is 4.01. The van der Waals surface area contributed by atoms with E-state index in [-0.39, 0.29) is 24.2 Å². The van der Waals surface area contributed by atoms with Gasteiger partial charge in [-0.3, -0.25) is 4.79 Å². The molecular weight excluding hydrogens is 288 g/mol. The van der Waals surface area contributed by atoms with E-state index in [1.807, 2.05) is 23.5 Å². The molecule has 2 fully saturated rings. The number of halogens is 1. The summed E-state index contributed by atoms with van der Waals surface area (Å²) in [5.41, 5.74) is 0. The van der Waals surface area contributed by atoms with E-state index in [0.29, 0.717) is 11.3 Å². The molecule has 3 nitrogen and oxygen atoms in total. The minimum absolute atomic E-state index is 0. The van der Waals surface area contributed by atoms with Crippen molar-refractivity contribution in [1.29, 1.82) is 0 Å². The molecule has 1 unspecified atom stereocenters. The Balaban J connectivity index is 0.00000162. The molecule has 0 radical (unpaired) electrons. The van der Waals surface area contributed by atoms with Crippen LogP contribution in [0.4, 0.5) is 0 Å². The van der Waals surface area contributed by atoms with E-state index < -0.39 is 0 Å². The van der Waals surface area contributed by atoms with Gasteiger partial charge in [-0.25, -0.2) is 0 Å². The second kappa shape index (κ2) is 8.56. The fourth-order valence-electron chi connectivity index (χ4n) is 2.38. The third kappa shape index (κ3) is 5.19. The molecule has 2 aliphatic heterocycles. The molecule has 0 bridgehead atoms. The highest BCUT2D eigenvalue weighted by molar-refractivity contribution is 8.06. The molecule has 0 aromatic heterocycles. The third-order valence-electron chi connectivity index (χ3n) is 3.38. The van der Waals surface area contributed by atoms with Crippen molar-refractivity contribution in [2.75, 3.05) is 30.3 Å². The first-order valence-electron chi connectivity index (χ1n) is 6.46. The summed E-state index contributed by atoms with van der Waals surface area (Å²) in [6.07, 6.45) is 1.97. The number of piperidine rings is 1. The Morgan fingerprint density at radius 2 is 2.28 bits per heavy atom. The van der Waals surface area contributed by atoms with Crippen molar-refractivity contribution in [1.82, 2.24) is 10.6 Å². The van der Waals surface area contributed by atoms with Crippen molar-refractivity contribution in [2.45, 2.75) is 31.1 Å². The van der Waals surface area contributed by atoms with E-state index >= 15 is 0 Å². The van der Waals surface area contributed by atoms with E-state index in [1.54, 1.807) is 0 Å². The van der Waals surface area contributed by atoms with Crippen LogP contribution in [0, 0.1) is 5.92 Å². The van der Waals surface area contributed by atoms with E-state index in [9.17, 15) is 4.79 Å². The first-order chi connectivity index (χ1) is 8.25. The molecule has 0 aromatic carbocycles. The maximum atomic E-state index is 12.0. The normalized spacial score (nSPS) is 32.4. The molecule has 0 aromatic rings. The summed E-state index contributed by atoms with van der Waals surface area (Å²) in [4.78, 5) is 12.0. The fourth-order valence-corrected chi connectivity index (χ4v) is 5.00. The van der Waals surface area contributed by atoms with Gasteiger partial charge in [-0.1, -0.05) is 0 Å². The summed E-state index contributed by atoms with van der Waals surface area (Å²) in [5, 5.41) is 7.15.